The molecule has 3 rings (SSSR count). The van der Waals surface area contributed by atoms with E-state index in [2.05, 4.69) is 0 Å². The minimum atomic E-state index is -0.645. The second kappa shape index (κ2) is 7.89. The molecule has 2 aliphatic rings. The van der Waals surface area contributed by atoms with Crippen LogP contribution >= 0.6 is 0 Å². The number of piperidine rings is 1. The number of nitrogens with zero attached hydrogens (tertiary/aromatic N) is 2. The predicted molar refractivity (Wildman–Crippen MR) is 98.6 cm³/mol. The number of Topliss-reactive ketones (excluding diaryl/α,β-unsaturated/α-hetero) is 1. The molecular weight excluding hydrogens is 332 g/mol. The van der Waals surface area contributed by atoms with Crippen LogP contribution in [0.2, 0.25) is 0 Å². The van der Waals surface area contributed by atoms with E-state index < -0.39 is 6.10 Å². The highest BCUT2D eigenvalue weighted by molar-refractivity contribution is 6.05. The van der Waals surface area contributed by atoms with E-state index in [1.54, 1.807) is 25.1 Å². The zero-order valence-corrected chi connectivity index (χ0v) is 15.5. The van der Waals surface area contributed by atoms with Crippen LogP contribution < -0.4 is 9.64 Å². The Labute approximate surface area is 154 Å². The number of likely N-dealkylation sites (tertiary alicyclic amines) is 1. The summed E-state index contributed by atoms with van der Waals surface area (Å²) in [6.07, 6.45) is 3.73. The molecule has 1 unspecified atom stereocenters. The first-order valence-corrected chi connectivity index (χ1v) is 9.44. The Morgan fingerprint density at radius 3 is 2.62 bits per heavy atom. The van der Waals surface area contributed by atoms with Crippen LogP contribution in [0.3, 0.4) is 0 Å². The van der Waals surface area contributed by atoms with E-state index in [1.165, 1.54) is 4.90 Å². The molecule has 140 valence electrons. The van der Waals surface area contributed by atoms with Gasteiger partial charge in [-0.2, -0.15) is 0 Å². The number of hydrogen-bond acceptors (Lipinski definition) is 4. The van der Waals surface area contributed by atoms with Gasteiger partial charge in [-0.3, -0.25) is 19.3 Å². The van der Waals surface area contributed by atoms with Crippen molar-refractivity contribution in [3.63, 3.8) is 0 Å². The number of carbonyl (C=O) groups is 3. The topological polar surface area (TPSA) is 66.9 Å². The molecule has 2 heterocycles. The normalized spacial score (nSPS) is 19.8. The fourth-order valence-corrected chi connectivity index (χ4v) is 3.49. The third-order valence-corrected chi connectivity index (χ3v) is 4.97. The minimum Gasteiger partial charge on any atom is -0.479 e. The van der Waals surface area contributed by atoms with Crippen molar-refractivity contribution in [1.82, 2.24) is 4.90 Å². The number of benzene rings is 1. The van der Waals surface area contributed by atoms with E-state index >= 15 is 0 Å². The largest absolute Gasteiger partial charge is 0.479 e. The molecule has 0 radical (unpaired) electrons. The molecule has 0 saturated carbocycles. The van der Waals surface area contributed by atoms with Gasteiger partial charge in [-0.15, -0.1) is 0 Å². The number of anilines is 1. The number of carbonyl (C=O) groups excluding carboxylic acids is 3. The second-order valence-electron chi connectivity index (χ2n) is 6.98. The molecule has 0 aliphatic carbocycles. The van der Waals surface area contributed by atoms with Gasteiger partial charge < -0.3 is 9.64 Å². The van der Waals surface area contributed by atoms with Crippen molar-refractivity contribution < 1.29 is 19.1 Å². The molecular formula is C20H26N2O4. The van der Waals surface area contributed by atoms with Gasteiger partial charge in [0.15, 0.2) is 11.9 Å². The van der Waals surface area contributed by atoms with Gasteiger partial charge in [0.1, 0.15) is 12.3 Å². The molecule has 6 nitrogen and oxygen atoms in total. The predicted octanol–water partition coefficient (Wildman–Crippen LogP) is 2.80. The Hall–Kier alpha value is -2.37. The first-order valence-electron chi connectivity index (χ1n) is 9.44. The Morgan fingerprint density at radius 2 is 1.92 bits per heavy atom. The zero-order chi connectivity index (χ0) is 18.7. The Balaban J connectivity index is 1.86. The van der Waals surface area contributed by atoms with Crippen LogP contribution in [-0.2, 0) is 9.59 Å². The SMILES string of the molecule is CCCC(=O)c1ccc2c(c1)N(CC(=O)N1CCCCC1)C(=O)C(C)O2. The van der Waals surface area contributed by atoms with Crippen molar-refractivity contribution in [2.75, 3.05) is 24.5 Å². The van der Waals surface area contributed by atoms with E-state index in [9.17, 15) is 14.4 Å². The fraction of sp³-hybridized carbons (Fsp3) is 0.550. The van der Waals surface area contributed by atoms with E-state index in [-0.39, 0.29) is 24.1 Å². The Kier molecular flexibility index (Phi) is 5.59. The minimum absolute atomic E-state index is 0.00897. The maximum Gasteiger partial charge on any atom is 0.268 e. The van der Waals surface area contributed by atoms with Crippen LogP contribution in [-0.4, -0.2) is 48.2 Å². The van der Waals surface area contributed by atoms with Gasteiger partial charge in [-0.05, 0) is 50.8 Å². The van der Waals surface area contributed by atoms with E-state index in [0.717, 1.165) is 38.8 Å². The lowest BCUT2D eigenvalue weighted by molar-refractivity contribution is -0.133. The molecule has 2 amide bonds. The molecule has 1 atom stereocenters. The van der Waals surface area contributed by atoms with Crippen molar-refractivity contribution in [2.24, 2.45) is 0 Å². The summed E-state index contributed by atoms with van der Waals surface area (Å²) in [7, 11) is 0. The van der Waals surface area contributed by atoms with Crippen LogP contribution in [0, 0.1) is 0 Å². The average Bonchev–Trinajstić information content (AvgIpc) is 2.66. The van der Waals surface area contributed by atoms with Crippen molar-refractivity contribution in [1.29, 1.82) is 0 Å². The number of rotatable bonds is 5. The number of hydrogen-bond donors (Lipinski definition) is 0. The zero-order valence-electron chi connectivity index (χ0n) is 15.5. The van der Waals surface area contributed by atoms with Gasteiger partial charge in [0.2, 0.25) is 5.91 Å². The number of ether oxygens (including phenoxy) is 1. The highest BCUT2D eigenvalue weighted by Crippen LogP contribution is 2.35. The highest BCUT2D eigenvalue weighted by atomic mass is 16.5. The molecule has 2 aliphatic heterocycles. The molecule has 1 fully saturated rings. The first-order chi connectivity index (χ1) is 12.5. The molecule has 0 N–H and O–H groups in total. The van der Waals surface area contributed by atoms with Crippen molar-refractivity contribution in [2.45, 2.75) is 52.1 Å². The number of amides is 2. The highest BCUT2D eigenvalue weighted by Gasteiger charge is 2.34. The van der Waals surface area contributed by atoms with Gasteiger partial charge in [0.25, 0.3) is 5.91 Å². The van der Waals surface area contributed by atoms with Crippen molar-refractivity contribution >= 4 is 23.3 Å². The van der Waals surface area contributed by atoms with Crippen molar-refractivity contribution in [3.05, 3.63) is 23.8 Å². The summed E-state index contributed by atoms with van der Waals surface area (Å²) in [5.41, 5.74) is 1.06. The maximum absolute atomic E-state index is 12.7. The average molecular weight is 358 g/mol. The quantitative estimate of drug-likeness (QED) is 0.759. The molecule has 1 saturated heterocycles. The van der Waals surface area contributed by atoms with E-state index in [1.807, 2.05) is 11.8 Å². The van der Waals surface area contributed by atoms with Gasteiger partial charge in [0, 0.05) is 25.1 Å². The standard InChI is InChI=1S/C20H26N2O4/c1-3-7-17(23)15-8-9-18-16(12-15)22(20(25)14(2)26-18)13-19(24)21-10-5-4-6-11-21/h8-9,12,14H,3-7,10-11,13H2,1-2H3. The molecule has 6 heteroatoms. The molecule has 0 bridgehead atoms. The summed E-state index contributed by atoms with van der Waals surface area (Å²) in [6, 6.07) is 5.13. The van der Waals surface area contributed by atoms with Gasteiger partial charge in [0.05, 0.1) is 5.69 Å². The molecule has 26 heavy (non-hydrogen) atoms. The van der Waals surface area contributed by atoms with E-state index in [0.29, 0.717) is 23.4 Å². The summed E-state index contributed by atoms with van der Waals surface area (Å²) < 4.78 is 5.67. The lowest BCUT2D eigenvalue weighted by atomic mass is 10.0. The summed E-state index contributed by atoms with van der Waals surface area (Å²) >= 11 is 0. The molecule has 1 aromatic carbocycles. The number of ketones is 1. The monoisotopic (exact) mass is 358 g/mol. The third kappa shape index (κ3) is 3.74. The summed E-state index contributed by atoms with van der Waals surface area (Å²) in [5.74, 6) is 0.270. The van der Waals surface area contributed by atoms with Crippen LogP contribution in [0.4, 0.5) is 5.69 Å². The van der Waals surface area contributed by atoms with Crippen LogP contribution in [0.5, 0.6) is 5.75 Å². The Bertz CT molecular complexity index is 710. The fourth-order valence-electron chi connectivity index (χ4n) is 3.49. The van der Waals surface area contributed by atoms with Gasteiger partial charge in [-0.25, -0.2) is 0 Å². The van der Waals surface area contributed by atoms with Gasteiger partial charge >= 0.3 is 0 Å². The number of fused-ring (bicyclic) bond motifs is 1. The summed E-state index contributed by atoms with van der Waals surface area (Å²) in [5, 5.41) is 0. The van der Waals surface area contributed by atoms with Crippen LogP contribution in [0.25, 0.3) is 0 Å². The molecule has 0 aromatic heterocycles. The van der Waals surface area contributed by atoms with Crippen molar-refractivity contribution in [3.8, 4) is 5.75 Å². The molecule has 1 aromatic rings. The van der Waals surface area contributed by atoms with Crippen LogP contribution in [0.15, 0.2) is 18.2 Å². The third-order valence-electron chi connectivity index (χ3n) is 4.97. The smallest absolute Gasteiger partial charge is 0.268 e. The Morgan fingerprint density at radius 1 is 1.19 bits per heavy atom. The lowest BCUT2D eigenvalue weighted by Crippen LogP contribution is -2.50. The first kappa shape index (κ1) is 18.4. The van der Waals surface area contributed by atoms with Gasteiger partial charge in [-0.1, -0.05) is 6.92 Å². The maximum atomic E-state index is 12.7. The lowest BCUT2D eigenvalue weighted by Gasteiger charge is -2.35. The second-order valence-corrected chi connectivity index (χ2v) is 6.98. The van der Waals surface area contributed by atoms with Crippen LogP contribution in [0.1, 0.15) is 56.3 Å². The van der Waals surface area contributed by atoms with E-state index in [4.69, 9.17) is 4.74 Å². The summed E-state index contributed by atoms with van der Waals surface area (Å²) in [4.78, 5) is 40.9. The molecule has 0 spiro atoms. The summed E-state index contributed by atoms with van der Waals surface area (Å²) in [6.45, 7) is 5.11.